The lowest BCUT2D eigenvalue weighted by molar-refractivity contribution is 0.408. The monoisotopic (exact) mass is 333 g/mol. The van der Waals surface area contributed by atoms with Gasteiger partial charge in [-0.3, -0.25) is 0 Å². The molecule has 2 aromatic carbocycles. The van der Waals surface area contributed by atoms with Crippen molar-refractivity contribution in [3.8, 4) is 5.75 Å². The van der Waals surface area contributed by atoms with Crippen molar-refractivity contribution in [1.29, 1.82) is 0 Å². The molecule has 2 N–H and O–H groups in total. The largest absolute Gasteiger partial charge is 0.496 e. The molecular weight excluding hydrogens is 314 g/mol. The minimum Gasteiger partial charge on any atom is -0.496 e. The second-order valence-electron chi connectivity index (χ2n) is 5.01. The van der Waals surface area contributed by atoms with Crippen molar-refractivity contribution >= 4 is 15.9 Å². The highest BCUT2D eigenvalue weighted by atomic mass is 79.9. The van der Waals surface area contributed by atoms with Gasteiger partial charge in [0.1, 0.15) is 5.75 Å². The summed E-state index contributed by atoms with van der Waals surface area (Å²) in [5.41, 5.74) is 9.71. The molecule has 0 saturated carbocycles. The maximum Gasteiger partial charge on any atom is 0.122 e. The Morgan fingerprint density at radius 1 is 1.20 bits per heavy atom. The molecule has 3 heteroatoms. The predicted octanol–water partition coefficient (Wildman–Crippen LogP) is 4.05. The highest BCUT2D eigenvalue weighted by Crippen LogP contribution is 2.29. The highest BCUT2D eigenvalue weighted by molar-refractivity contribution is 9.10. The SMILES string of the molecule is COc1ccc(Br)cc1CC(CN)c1cccc(C)c1. The molecule has 0 saturated heterocycles. The zero-order chi connectivity index (χ0) is 14.5. The highest BCUT2D eigenvalue weighted by Gasteiger charge is 2.14. The molecule has 0 aromatic heterocycles. The molecule has 0 aliphatic carbocycles. The van der Waals surface area contributed by atoms with Crippen molar-refractivity contribution in [2.75, 3.05) is 13.7 Å². The smallest absolute Gasteiger partial charge is 0.122 e. The third kappa shape index (κ3) is 3.62. The minimum atomic E-state index is 0.304. The lowest BCUT2D eigenvalue weighted by atomic mass is 9.91. The standard InChI is InChI=1S/C17H20BrNO/c1-12-4-3-5-13(8-12)15(11-19)9-14-10-16(18)6-7-17(14)20-2/h3-8,10,15H,9,11,19H2,1-2H3. The van der Waals surface area contributed by atoms with Gasteiger partial charge in [0.15, 0.2) is 0 Å². The van der Waals surface area contributed by atoms with Crippen LogP contribution in [0.25, 0.3) is 0 Å². The van der Waals surface area contributed by atoms with Crippen molar-refractivity contribution in [2.45, 2.75) is 19.3 Å². The number of ether oxygens (including phenoxy) is 1. The van der Waals surface area contributed by atoms with Crippen LogP contribution in [0.3, 0.4) is 0 Å². The summed E-state index contributed by atoms with van der Waals surface area (Å²) < 4.78 is 6.51. The van der Waals surface area contributed by atoms with Crippen molar-refractivity contribution in [3.05, 3.63) is 63.6 Å². The summed E-state index contributed by atoms with van der Waals surface area (Å²) >= 11 is 3.52. The lowest BCUT2D eigenvalue weighted by Crippen LogP contribution is -2.15. The van der Waals surface area contributed by atoms with E-state index in [2.05, 4.69) is 53.2 Å². The molecular formula is C17H20BrNO. The number of benzene rings is 2. The summed E-state index contributed by atoms with van der Waals surface area (Å²) in [6.07, 6.45) is 0.878. The van der Waals surface area contributed by atoms with Crippen LogP contribution in [0, 0.1) is 6.92 Å². The summed E-state index contributed by atoms with van der Waals surface area (Å²) in [5, 5.41) is 0. The Balaban J connectivity index is 2.28. The van der Waals surface area contributed by atoms with E-state index in [1.54, 1.807) is 7.11 Å². The summed E-state index contributed by atoms with van der Waals surface area (Å²) in [6.45, 7) is 2.73. The molecule has 0 aliphatic rings. The van der Waals surface area contributed by atoms with Crippen LogP contribution in [-0.2, 0) is 6.42 Å². The molecule has 2 nitrogen and oxygen atoms in total. The van der Waals surface area contributed by atoms with Gasteiger partial charge in [-0.05, 0) is 49.2 Å². The van der Waals surface area contributed by atoms with Crippen LogP contribution in [0.2, 0.25) is 0 Å². The number of hydrogen-bond acceptors (Lipinski definition) is 2. The molecule has 1 atom stereocenters. The maximum absolute atomic E-state index is 5.98. The molecule has 2 rings (SSSR count). The summed E-state index contributed by atoms with van der Waals surface area (Å²) in [4.78, 5) is 0. The van der Waals surface area contributed by atoms with E-state index in [0.29, 0.717) is 12.5 Å². The van der Waals surface area contributed by atoms with Gasteiger partial charge in [-0.1, -0.05) is 45.8 Å². The number of rotatable bonds is 5. The molecule has 0 fully saturated rings. The molecule has 2 aromatic rings. The Morgan fingerprint density at radius 2 is 2.00 bits per heavy atom. The molecule has 0 amide bonds. The van der Waals surface area contributed by atoms with E-state index in [0.717, 1.165) is 16.6 Å². The quantitative estimate of drug-likeness (QED) is 0.895. The fourth-order valence-corrected chi connectivity index (χ4v) is 2.84. The molecule has 1 unspecified atom stereocenters. The number of nitrogens with two attached hydrogens (primary N) is 1. The van der Waals surface area contributed by atoms with E-state index in [4.69, 9.17) is 10.5 Å². The molecule has 0 bridgehead atoms. The number of methoxy groups -OCH3 is 1. The summed E-state index contributed by atoms with van der Waals surface area (Å²) in [5.74, 6) is 1.22. The van der Waals surface area contributed by atoms with Gasteiger partial charge >= 0.3 is 0 Å². The van der Waals surface area contributed by atoms with Gasteiger partial charge in [-0.2, -0.15) is 0 Å². The Bertz CT molecular complexity index is 583. The number of aryl methyl sites for hydroxylation is 1. The van der Waals surface area contributed by atoms with E-state index >= 15 is 0 Å². The fourth-order valence-electron chi connectivity index (χ4n) is 2.43. The predicted molar refractivity (Wildman–Crippen MR) is 87.4 cm³/mol. The van der Waals surface area contributed by atoms with Crippen molar-refractivity contribution in [1.82, 2.24) is 0 Å². The van der Waals surface area contributed by atoms with Crippen LogP contribution in [0.4, 0.5) is 0 Å². The average Bonchev–Trinajstić information content (AvgIpc) is 2.45. The third-order valence-electron chi connectivity index (χ3n) is 3.51. The molecule has 0 spiro atoms. The van der Waals surface area contributed by atoms with Crippen molar-refractivity contribution in [3.63, 3.8) is 0 Å². The second-order valence-corrected chi connectivity index (χ2v) is 5.92. The maximum atomic E-state index is 5.98. The van der Waals surface area contributed by atoms with Gasteiger partial charge < -0.3 is 10.5 Å². The van der Waals surface area contributed by atoms with Crippen LogP contribution >= 0.6 is 15.9 Å². The Kier molecular flexibility index (Phi) is 5.21. The molecule has 0 aliphatic heterocycles. The van der Waals surface area contributed by atoms with Crippen molar-refractivity contribution in [2.24, 2.45) is 5.73 Å². The first-order chi connectivity index (χ1) is 9.63. The van der Waals surface area contributed by atoms with E-state index in [1.165, 1.54) is 16.7 Å². The summed E-state index contributed by atoms with van der Waals surface area (Å²) in [7, 11) is 1.71. The number of hydrogen-bond donors (Lipinski definition) is 1. The van der Waals surface area contributed by atoms with Crippen LogP contribution in [0.1, 0.15) is 22.6 Å². The molecule has 0 heterocycles. The van der Waals surface area contributed by atoms with Crippen LogP contribution in [0.5, 0.6) is 5.75 Å². The molecule has 0 radical (unpaired) electrons. The molecule has 106 valence electrons. The Labute approximate surface area is 129 Å². The van der Waals surface area contributed by atoms with Crippen LogP contribution in [0.15, 0.2) is 46.9 Å². The number of halogens is 1. The zero-order valence-corrected chi connectivity index (χ0v) is 13.5. The zero-order valence-electron chi connectivity index (χ0n) is 11.9. The summed E-state index contributed by atoms with van der Waals surface area (Å²) in [6, 6.07) is 14.6. The fraction of sp³-hybridized carbons (Fsp3) is 0.294. The molecule has 20 heavy (non-hydrogen) atoms. The first-order valence-corrected chi connectivity index (χ1v) is 7.52. The van der Waals surface area contributed by atoms with Gasteiger partial charge in [-0.15, -0.1) is 0 Å². The van der Waals surface area contributed by atoms with Gasteiger partial charge in [0.05, 0.1) is 7.11 Å². The first kappa shape index (κ1) is 15.1. The van der Waals surface area contributed by atoms with Gasteiger partial charge in [0.25, 0.3) is 0 Å². The van der Waals surface area contributed by atoms with E-state index in [-0.39, 0.29) is 0 Å². The topological polar surface area (TPSA) is 35.2 Å². The van der Waals surface area contributed by atoms with Crippen LogP contribution in [-0.4, -0.2) is 13.7 Å². The van der Waals surface area contributed by atoms with E-state index in [1.807, 2.05) is 12.1 Å². The normalized spacial score (nSPS) is 12.2. The van der Waals surface area contributed by atoms with Gasteiger partial charge in [-0.25, -0.2) is 0 Å². The van der Waals surface area contributed by atoms with E-state index in [9.17, 15) is 0 Å². The van der Waals surface area contributed by atoms with Gasteiger partial charge in [0, 0.05) is 10.4 Å². The van der Waals surface area contributed by atoms with Crippen LogP contribution < -0.4 is 10.5 Å². The Hall–Kier alpha value is -1.32. The average molecular weight is 334 g/mol. The Morgan fingerprint density at radius 3 is 2.65 bits per heavy atom. The third-order valence-corrected chi connectivity index (χ3v) is 4.00. The van der Waals surface area contributed by atoms with Gasteiger partial charge in [0.2, 0.25) is 0 Å². The second kappa shape index (κ2) is 6.91. The van der Waals surface area contributed by atoms with Crippen molar-refractivity contribution < 1.29 is 4.74 Å². The first-order valence-electron chi connectivity index (χ1n) is 6.73. The van der Waals surface area contributed by atoms with E-state index < -0.39 is 0 Å². The lowest BCUT2D eigenvalue weighted by Gasteiger charge is -2.18. The minimum absolute atomic E-state index is 0.304.